The largest absolute Gasteiger partial charge is 0.473 e. The molecule has 0 atom stereocenters. The third kappa shape index (κ3) is 4.76. The van der Waals surface area contributed by atoms with Crippen LogP contribution in [-0.4, -0.2) is 51.3 Å². The number of carbonyl (C=O) groups excluding carboxylic acids is 1. The van der Waals surface area contributed by atoms with Crippen LogP contribution in [0, 0.1) is 5.92 Å². The Morgan fingerprint density at radius 1 is 1.06 bits per heavy atom. The van der Waals surface area contributed by atoms with Gasteiger partial charge in [-0.05, 0) is 75.5 Å². The van der Waals surface area contributed by atoms with Crippen molar-refractivity contribution in [2.45, 2.75) is 69.5 Å². The second-order valence-corrected chi connectivity index (χ2v) is 9.18. The molecule has 3 aliphatic rings. The van der Waals surface area contributed by atoms with E-state index in [2.05, 4.69) is 25.7 Å². The van der Waals surface area contributed by atoms with Crippen molar-refractivity contribution in [3.63, 3.8) is 0 Å². The predicted octanol–water partition coefficient (Wildman–Crippen LogP) is 3.98. The number of nitrogens with one attached hydrogen (secondary N) is 1. The van der Waals surface area contributed by atoms with Gasteiger partial charge in [-0.25, -0.2) is 4.79 Å². The summed E-state index contributed by atoms with van der Waals surface area (Å²) in [5.41, 5.74) is -0.414. The van der Waals surface area contributed by atoms with Gasteiger partial charge in [-0.1, -0.05) is 6.42 Å². The molecule has 1 spiro atoms. The first-order chi connectivity index (χ1) is 15.7. The number of ether oxygens (including phenoxy) is 2. The molecule has 0 radical (unpaired) electrons. The summed E-state index contributed by atoms with van der Waals surface area (Å²) < 4.78 is 11.8. The van der Waals surface area contributed by atoms with Gasteiger partial charge in [0.15, 0.2) is 5.82 Å². The van der Waals surface area contributed by atoms with E-state index in [1.807, 2.05) is 12.1 Å². The number of aromatic nitrogens is 4. The van der Waals surface area contributed by atoms with Crippen molar-refractivity contribution in [1.82, 2.24) is 20.4 Å². The van der Waals surface area contributed by atoms with Gasteiger partial charge < -0.3 is 14.8 Å². The van der Waals surface area contributed by atoms with Crippen molar-refractivity contribution >= 4 is 17.7 Å². The molecule has 2 aromatic heterocycles. The molecule has 3 fully saturated rings. The molecule has 2 saturated carbocycles. The molecular weight excluding hydrogens is 408 g/mol. The molecule has 2 aromatic rings. The summed E-state index contributed by atoms with van der Waals surface area (Å²) in [6, 6.07) is 7.40. The molecule has 0 unspecified atom stereocenters. The lowest BCUT2D eigenvalue weighted by Gasteiger charge is -2.35. The standard InChI is InChI=1S/C23H30N6O3/c30-22-29(20-7-4-14-25-27-20)16-23(32-22)12-10-17(11-13-23)15-24-19-8-9-21(28-26-19)31-18-5-2-1-3-6-18/h4,7-9,14,17-18H,1-3,5-6,10-13,15-16H2,(H,24,26)/t17-,23-. The fraction of sp³-hybridized carbons (Fsp3) is 0.609. The van der Waals surface area contributed by atoms with Crippen molar-refractivity contribution in [2.24, 2.45) is 5.92 Å². The average Bonchev–Trinajstić information content (AvgIpc) is 3.16. The summed E-state index contributed by atoms with van der Waals surface area (Å²) in [7, 11) is 0. The van der Waals surface area contributed by atoms with Crippen LogP contribution < -0.4 is 15.0 Å². The monoisotopic (exact) mass is 438 g/mol. The fourth-order valence-electron chi connectivity index (χ4n) is 4.98. The maximum absolute atomic E-state index is 12.4. The Balaban J connectivity index is 1.08. The van der Waals surface area contributed by atoms with E-state index >= 15 is 0 Å². The van der Waals surface area contributed by atoms with Crippen molar-refractivity contribution in [1.29, 1.82) is 0 Å². The molecule has 5 rings (SSSR count). The van der Waals surface area contributed by atoms with Crippen LogP contribution in [0.5, 0.6) is 5.88 Å². The van der Waals surface area contributed by atoms with Gasteiger partial charge in [0.05, 0.1) is 6.54 Å². The Bertz CT molecular complexity index is 896. The minimum absolute atomic E-state index is 0.279. The zero-order chi connectivity index (χ0) is 21.8. The summed E-state index contributed by atoms with van der Waals surface area (Å²) in [6.07, 6.45) is 11.2. The van der Waals surface area contributed by atoms with Gasteiger partial charge in [0.2, 0.25) is 5.88 Å². The fourth-order valence-corrected chi connectivity index (χ4v) is 4.98. The Labute approximate surface area is 187 Å². The van der Waals surface area contributed by atoms with Crippen LogP contribution in [0.4, 0.5) is 16.4 Å². The summed E-state index contributed by atoms with van der Waals surface area (Å²) in [4.78, 5) is 14.0. The smallest absolute Gasteiger partial charge is 0.416 e. The van der Waals surface area contributed by atoms with Crippen molar-refractivity contribution in [3.8, 4) is 5.88 Å². The quantitative estimate of drug-likeness (QED) is 0.723. The van der Waals surface area contributed by atoms with Crippen LogP contribution in [0.25, 0.3) is 0 Å². The van der Waals surface area contributed by atoms with Gasteiger partial charge in [-0.15, -0.1) is 15.3 Å². The number of nitrogens with zero attached hydrogens (tertiary/aromatic N) is 5. The van der Waals surface area contributed by atoms with E-state index in [1.165, 1.54) is 19.3 Å². The number of anilines is 2. The highest BCUT2D eigenvalue weighted by Crippen LogP contribution is 2.40. The first-order valence-corrected chi connectivity index (χ1v) is 11.7. The van der Waals surface area contributed by atoms with E-state index < -0.39 is 5.60 Å². The number of hydrogen-bond donors (Lipinski definition) is 1. The molecule has 32 heavy (non-hydrogen) atoms. The minimum atomic E-state index is -0.414. The van der Waals surface area contributed by atoms with E-state index in [0.29, 0.717) is 24.2 Å². The first kappa shape index (κ1) is 20.9. The molecule has 3 heterocycles. The van der Waals surface area contributed by atoms with Crippen LogP contribution in [0.15, 0.2) is 30.5 Å². The maximum atomic E-state index is 12.4. The summed E-state index contributed by atoms with van der Waals surface area (Å²) in [5, 5.41) is 19.8. The molecule has 2 aliphatic carbocycles. The lowest BCUT2D eigenvalue weighted by Crippen LogP contribution is -2.39. The molecule has 1 amide bonds. The topological polar surface area (TPSA) is 102 Å². The third-order valence-electron chi connectivity index (χ3n) is 6.87. The van der Waals surface area contributed by atoms with E-state index in [1.54, 1.807) is 23.2 Å². The zero-order valence-electron chi connectivity index (χ0n) is 18.3. The zero-order valence-corrected chi connectivity index (χ0v) is 18.3. The van der Waals surface area contributed by atoms with Gasteiger partial charge in [-0.3, -0.25) is 4.90 Å². The van der Waals surface area contributed by atoms with Crippen LogP contribution in [0.1, 0.15) is 57.8 Å². The van der Waals surface area contributed by atoms with Crippen LogP contribution in [0.2, 0.25) is 0 Å². The molecule has 170 valence electrons. The van der Waals surface area contributed by atoms with Crippen molar-refractivity contribution in [2.75, 3.05) is 23.3 Å². The Morgan fingerprint density at radius 3 is 2.62 bits per heavy atom. The van der Waals surface area contributed by atoms with Gasteiger partial charge in [0, 0.05) is 18.8 Å². The lowest BCUT2D eigenvalue weighted by atomic mass is 9.78. The Morgan fingerprint density at radius 2 is 1.91 bits per heavy atom. The molecule has 1 N–H and O–H groups in total. The van der Waals surface area contributed by atoms with Gasteiger partial charge in [-0.2, -0.15) is 5.10 Å². The SMILES string of the molecule is O=C1O[C@]2(CC[C@H](CNc3ccc(OC4CCCCC4)nn3)CC2)CN1c1cccnn1. The second-order valence-electron chi connectivity index (χ2n) is 9.18. The Hall–Kier alpha value is -2.97. The van der Waals surface area contributed by atoms with Crippen LogP contribution in [-0.2, 0) is 4.74 Å². The van der Waals surface area contributed by atoms with Gasteiger partial charge >= 0.3 is 6.09 Å². The van der Waals surface area contributed by atoms with E-state index in [9.17, 15) is 4.79 Å². The van der Waals surface area contributed by atoms with Crippen molar-refractivity contribution < 1.29 is 14.3 Å². The van der Waals surface area contributed by atoms with Gasteiger partial charge in [0.25, 0.3) is 0 Å². The number of amides is 1. The lowest BCUT2D eigenvalue weighted by molar-refractivity contribution is 0.0148. The number of rotatable bonds is 6. The van der Waals surface area contributed by atoms with Crippen LogP contribution >= 0.6 is 0 Å². The van der Waals surface area contributed by atoms with Crippen molar-refractivity contribution in [3.05, 3.63) is 30.5 Å². The minimum Gasteiger partial charge on any atom is -0.473 e. The molecule has 0 aromatic carbocycles. The summed E-state index contributed by atoms with van der Waals surface area (Å²) in [6.45, 7) is 1.37. The molecule has 0 bridgehead atoms. The highest BCUT2D eigenvalue weighted by Gasteiger charge is 2.48. The Kier molecular flexibility index (Phi) is 6.05. The normalized spacial score (nSPS) is 26.2. The summed E-state index contributed by atoms with van der Waals surface area (Å²) in [5.74, 6) is 2.43. The number of hydrogen-bond acceptors (Lipinski definition) is 8. The predicted molar refractivity (Wildman–Crippen MR) is 119 cm³/mol. The van der Waals surface area contributed by atoms with Crippen LogP contribution in [0.3, 0.4) is 0 Å². The molecule has 9 nitrogen and oxygen atoms in total. The highest BCUT2D eigenvalue weighted by atomic mass is 16.6. The van der Waals surface area contributed by atoms with E-state index in [4.69, 9.17) is 9.47 Å². The van der Waals surface area contributed by atoms with E-state index in [0.717, 1.165) is 50.9 Å². The molecular formula is C23H30N6O3. The second kappa shape index (κ2) is 9.26. The average molecular weight is 439 g/mol. The highest BCUT2D eigenvalue weighted by molar-refractivity contribution is 5.89. The first-order valence-electron chi connectivity index (χ1n) is 11.7. The van der Waals surface area contributed by atoms with E-state index in [-0.39, 0.29) is 12.2 Å². The molecule has 9 heteroatoms. The van der Waals surface area contributed by atoms with Gasteiger partial charge in [0.1, 0.15) is 17.5 Å². The third-order valence-corrected chi connectivity index (χ3v) is 6.87. The summed E-state index contributed by atoms with van der Waals surface area (Å²) >= 11 is 0. The maximum Gasteiger partial charge on any atom is 0.416 e. The molecule has 1 saturated heterocycles. The number of carbonyl (C=O) groups is 1. The molecule has 1 aliphatic heterocycles.